The quantitative estimate of drug-likeness (QED) is 0.473. The van der Waals surface area contributed by atoms with Gasteiger partial charge in [0.05, 0.1) is 5.52 Å². The Morgan fingerprint density at radius 1 is 1.04 bits per heavy atom. The zero-order valence-electron chi connectivity index (χ0n) is 14.4. The van der Waals surface area contributed by atoms with E-state index in [9.17, 15) is 0 Å². The summed E-state index contributed by atoms with van der Waals surface area (Å²) in [5, 5.41) is 4.03. The number of fused-ring (bicyclic) bond motifs is 9. The molecule has 1 aromatic heterocycles. The fourth-order valence-electron chi connectivity index (χ4n) is 5.60. The van der Waals surface area contributed by atoms with Crippen molar-refractivity contribution in [3.63, 3.8) is 0 Å². The van der Waals surface area contributed by atoms with Crippen LogP contribution in [0.25, 0.3) is 21.7 Å². The molecule has 1 heterocycles. The summed E-state index contributed by atoms with van der Waals surface area (Å²) in [7, 11) is 0. The highest BCUT2D eigenvalue weighted by atomic mass is 14.7. The molecule has 116 valence electrons. The number of aromatic nitrogens is 1. The predicted octanol–water partition coefficient (Wildman–Crippen LogP) is 5.87. The van der Waals surface area contributed by atoms with Gasteiger partial charge in [-0.15, -0.1) is 0 Å². The second-order valence-corrected chi connectivity index (χ2v) is 8.37. The van der Waals surface area contributed by atoms with Gasteiger partial charge in [-0.05, 0) is 64.7 Å². The maximum Gasteiger partial charge on any atom is 0.0783 e. The summed E-state index contributed by atoms with van der Waals surface area (Å²) in [6.07, 6.45) is 4.81. The third-order valence-electron chi connectivity index (χ3n) is 7.27. The largest absolute Gasteiger partial charge is 0.255 e. The topological polar surface area (TPSA) is 12.9 Å². The zero-order chi connectivity index (χ0) is 16.0. The van der Waals surface area contributed by atoms with Gasteiger partial charge in [-0.3, -0.25) is 4.98 Å². The van der Waals surface area contributed by atoms with Gasteiger partial charge >= 0.3 is 0 Å². The molecule has 2 bridgehead atoms. The Bertz CT molecular complexity index is 982. The second kappa shape index (κ2) is 3.95. The van der Waals surface area contributed by atoms with Crippen molar-refractivity contribution in [2.75, 3.05) is 0 Å². The summed E-state index contributed by atoms with van der Waals surface area (Å²) in [5.74, 6) is 0.672. The predicted molar refractivity (Wildman–Crippen MR) is 97.1 cm³/mol. The molecule has 1 fully saturated rings. The summed E-state index contributed by atoms with van der Waals surface area (Å²) in [6, 6.07) is 11.1. The van der Waals surface area contributed by atoms with Crippen molar-refractivity contribution in [1.82, 2.24) is 4.98 Å². The van der Waals surface area contributed by atoms with E-state index in [1.807, 2.05) is 0 Å². The highest BCUT2D eigenvalue weighted by Gasteiger charge is 2.59. The molecule has 5 rings (SSSR count). The van der Waals surface area contributed by atoms with Crippen LogP contribution in [0.1, 0.15) is 56.2 Å². The molecule has 2 atom stereocenters. The van der Waals surface area contributed by atoms with E-state index in [-0.39, 0.29) is 5.41 Å². The molecule has 1 nitrogen and oxygen atoms in total. The molecule has 1 saturated carbocycles. The molecule has 0 N–H and O–H groups in total. The van der Waals surface area contributed by atoms with E-state index in [1.54, 1.807) is 5.56 Å². The number of benzene rings is 2. The van der Waals surface area contributed by atoms with Gasteiger partial charge in [-0.25, -0.2) is 0 Å². The normalized spacial score (nSPS) is 27.7. The molecule has 1 heteroatoms. The molecule has 0 saturated heterocycles. The van der Waals surface area contributed by atoms with Crippen LogP contribution in [-0.4, -0.2) is 4.98 Å². The first kappa shape index (κ1) is 13.5. The summed E-state index contributed by atoms with van der Waals surface area (Å²) in [4.78, 5) is 4.94. The third kappa shape index (κ3) is 1.38. The van der Waals surface area contributed by atoms with Gasteiger partial charge in [0.1, 0.15) is 0 Å². The lowest BCUT2D eigenvalue weighted by Crippen LogP contribution is -2.31. The van der Waals surface area contributed by atoms with Gasteiger partial charge in [-0.1, -0.05) is 45.0 Å². The van der Waals surface area contributed by atoms with Crippen LogP contribution in [0.5, 0.6) is 0 Å². The molecule has 2 aromatic carbocycles. The smallest absolute Gasteiger partial charge is 0.0783 e. The monoisotopic (exact) mass is 301 g/mol. The molecule has 0 aliphatic heterocycles. The summed E-state index contributed by atoms with van der Waals surface area (Å²) in [5.41, 5.74) is 6.29. The molecule has 23 heavy (non-hydrogen) atoms. The molecule has 3 aromatic rings. The van der Waals surface area contributed by atoms with Crippen LogP contribution >= 0.6 is 0 Å². The summed E-state index contributed by atoms with van der Waals surface area (Å²) < 4.78 is 0. The fraction of sp³-hybridized carbons (Fsp3) is 0.409. The standard InChI is InChI=1S/C22H23N/c1-13-11-16-19-17(18-9-10-22(19,4)21(18,2)3)12-23-20(16)15-8-6-5-7-14(13)15/h5-8,11-12,18H,9-10H2,1-4H3. The minimum Gasteiger partial charge on any atom is -0.255 e. The van der Waals surface area contributed by atoms with E-state index in [0.29, 0.717) is 11.3 Å². The Hall–Kier alpha value is -1.89. The second-order valence-electron chi connectivity index (χ2n) is 8.37. The molecule has 0 radical (unpaired) electrons. The van der Waals surface area contributed by atoms with E-state index in [0.717, 1.165) is 0 Å². The fourth-order valence-corrected chi connectivity index (χ4v) is 5.60. The van der Waals surface area contributed by atoms with Crippen molar-refractivity contribution >= 4 is 21.7 Å². The van der Waals surface area contributed by atoms with Gasteiger partial charge in [0, 0.05) is 17.0 Å². The van der Waals surface area contributed by atoms with Crippen LogP contribution in [0.3, 0.4) is 0 Å². The average molecular weight is 301 g/mol. The van der Waals surface area contributed by atoms with Crippen LogP contribution in [0.2, 0.25) is 0 Å². The Morgan fingerprint density at radius 2 is 1.78 bits per heavy atom. The first-order valence-corrected chi connectivity index (χ1v) is 8.76. The highest BCUT2D eigenvalue weighted by Crippen LogP contribution is 2.68. The maximum absolute atomic E-state index is 4.94. The van der Waals surface area contributed by atoms with Crippen molar-refractivity contribution in [1.29, 1.82) is 0 Å². The Balaban J connectivity index is 1.98. The Labute approximate surface area is 137 Å². The van der Waals surface area contributed by atoms with Gasteiger partial charge in [-0.2, -0.15) is 0 Å². The van der Waals surface area contributed by atoms with Crippen molar-refractivity contribution in [3.8, 4) is 0 Å². The molecule has 2 unspecified atom stereocenters. The van der Waals surface area contributed by atoms with Gasteiger partial charge < -0.3 is 0 Å². The number of hydrogen-bond acceptors (Lipinski definition) is 1. The van der Waals surface area contributed by atoms with Crippen molar-refractivity contribution < 1.29 is 0 Å². The Kier molecular flexibility index (Phi) is 2.33. The van der Waals surface area contributed by atoms with E-state index < -0.39 is 0 Å². The first-order valence-electron chi connectivity index (χ1n) is 8.76. The molecule has 0 spiro atoms. The van der Waals surface area contributed by atoms with E-state index in [2.05, 4.69) is 64.2 Å². The first-order chi connectivity index (χ1) is 10.9. The van der Waals surface area contributed by atoms with Crippen molar-refractivity contribution in [2.45, 2.75) is 51.9 Å². The zero-order valence-corrected chi connectivity index (χ0v) is 14.4. The molecular formula is C22H23N. The Morgan fingerprint density at radius 3 is 2.57 bits per heavy atom. The molecule has 2 aliphatic rings. The van der Waals surface area contributed by atoms with Crippen LogP contribution in [0, 0.1) is 12.3 Å². The molecule has 0 amide bonds. The van der Waals surface area contributed by atoms with Crippen LogP contribution in [0.15, 0.2) is 36.5 Å². The van der Waals surface area contributed by atoms with Crippen LogP contribution in [0.4, 0.5) is 0 Å². The van der Waals surface area contributed by atoms with Gasteiger partial charge in [0.25, 0.3) is 0 Å². The third-order valence-corrected chi connectivity index (χ3v) is 7.27. The van der Waals surface area contributed by atoms with Crippen LogP contribution < -0.4 is 0 Å². The SMILES string of the molecule is Cc1cc2c3c(cnc2c2ccccc12)C1CCC3(C)C1(C)C. The average Bonchev–Trinajstić information content (AvgIpc) is 2.87. The number of rotatable bonds is 0. The minimum absolute atomic E-state index is 0.281. The molecular weight excluding hydrogens is 278 g/mol. The lowest BCUT2D eigenvalue weighted by atomic mass is 9.68. The number of hydrogen-bond donors (Lipinski definition) is 0. The van der Waals surface area contributed by atoms with Gasteiger partial charge in [0.2, 0.25) is 0 Å². The molecule has 2 aliphatic carbocycles. The number of pyridine rings is 1. The highest BCUT2D eigenvalue weighted by molar-refractivity contribution is 6.08. The number of aryl methyl sites for hydroxylation is 1. The number of nitrogens with zero attached hydrogens (tertiary/aromatic N) is 1. The summed E-state index contributed by atoms with van der Waals surface area (Å²) >= 11 is 0. The van der Waals surface area contributed by atoms with Gasteiger partial charge in [0.15, 0.2) is 0 Å². The van der Waals surface area contributed by atoms with E-state index in [4.69, 9.17) is 4.98 Å². The van der Waals surface area contributed by atoms with Crippen molar-refractivity contribution in [3.05, 3.63) is 53.2 Å². The van der Waals surface area contributed by atoms with E-state index in [1.165, 1.54) is 45.6 Å². The lowest BCUT2D eigenvalue weighted by Gasteiger charge is -2.36. The van der Waals surface area contributed by atoms with Crippen LogP contribution in [-0.2, 0) is 5.41 Å². The lowest BCUT2D eigenvalue weighted by molar-refractivity contribution is 0.232. The van der Waals surface area contributed by atoms with E-state index >= 15 is 0 Å². The minimum atomic E-state index is 0.281. The van der Waals surface area contributed by atoms with Crippen molar-refractivity contribution in [2.24, 2.45) is 5.41 Å². The maximum atomic E-state index is 4.94. The summed E-state index contributed by atoms with van der Waals surface area (Å²) in [6.45, 7) is 9.65.